The van der Waals surface area contributed by atoms with Gasteiger partial charge in [0.1, 0.15) is 5.82 Å². The van der Waals surface area contributed by atoms with Crippen molar-refractivity contribution in [3.63, 3.8) is 0 Å². The predicted molar refractivity (Wildman–Crippen MR) is 132 cm³/mol. The van der Waals surface area contributed by atoms with Crippen molar-refractivity contribution < 1.29 is 27.5 Å². The van der Waals surface area contributed by atoms with E-state index in [1.807, 2.05) is 0 Å². The predicted octanol–water partition coefficient (Wildman–Crippen LogP) is 7.05. The highest BCUT2D eigenvalue weighted by Crippen LogP contribution is 2.44. The summed E-state index contributed by atoms with van der Waals surface area (Å²) in [5, 5.41) is 11.5. The molecule has 7 heteroatoms. The number of carbonyl (C=O) groups excluding carboxylic acids is 1. The summed E-state index contributed by atoms with van der Waals surface area (Å²) >= 11 is 0. The molecule has 2 N–H and O–H groups in total. The van der Waals surface area contributed by atoms with Crippen molar-refractivity contribution in [3.05, 3.63) is 107 Å². The highest BCUT2D eigenvalue weighted by molar-refractivity contribution is 6.10. The van der Waals surface area contributed by atoms with Crippen molar-refractivity contribution in [2.45, 2.75) is 50.8 Å². The Morgan fingerprint density at radius 2 is 1.61 bits per heavy atom. The first-order valence-corrected chi connectivity index (χ1v) is 11.6. The fourth-order valence-electron chi connectivity index (χ4n) is 4.91. The number of rotatable bonds is 7. The number of hydrogen-bond acceptors (Lipinski definition) is 2. The van der Waals surface area contributed by atoms with Crippen LogP contribution in [-0.4, -0.2) is 27.7 Å². The Morgan fingerprint density at radius 1 is 0.917 bits per heavy atom. The summed E-state index contributed by atoms with van der Waals surface area (Å²) < 4.78 is 56.6. The fraction of sp³-hybridized carbons (Fsp3) is 0.276. The number of aliphatic hydroxyl groups is 1. The molecule has 1 unspecified atom stereocenters. The minimum Gasteiger partial charge on any atom is -0.380 e. The summed E-state index contributed by atoms with van der Waals surface area (Å²) in [6.07, 6.45) is -6.32. The standard InChI is InChI=1S/C29H27F4NO2/c1-18-9-11-22(30)15-24(18)27(2,3)17-28(36,29(31,32)33)16-23-14-21-13-20(10-12-25(21)34-23)26(35)19-7-5-4-6-8-19/h4-15,34,36H,16-17H2,1-3H3. The second-order valence-corrected chi connectivity index (χ2v) is 10.0. The molecule has 1 heterocycles. The highest BCUT2D eigenvalue weighted by atomic mass is 19.4. The van der Waals surface area contributed by atoms with E-state index in [1.165, 1.54) is 24.3 Å². The lowest BCUT2D eigenvalue weighted by atomic mass is 9.72. The zero-order chi connectivity index (χ0) is 26.3. The summed E-state index contributed by atoms with van der Waals surface area (Å²) in [6.45, 7) is 4.84. The molecule has 0 saturated carbocycles. The van der Waals surface area contributed by atoms with E-state index in [1.54, 1.807) is 69.3 Å². The molecule has 1 aromatic heterocycles. The Balaban J connectivity index is 1.65. The Labute approximate surface area is 206 Å². The van der Waals surface area contributed by atoms with E-state index in [0.717, 1.165) is 0 Å². The second-order valence-electron chi connectivity index (χ2n) is 10.0. The van der Waals surface area contributed by atoms with Gasteiger partial charge in [0, 0.05) is 34.1 Å². The van der Waals surface area contributed by atoms with E-state index < -0.39 is 35.9 Å². The number of alkyl halides is 3. The Bertz CT molecular complexity index is 1410. The molecule has 3 nitrogen and oxygen atoms in total. The van der Waals surface area contributed by atoms with Gasteiger partial charge in [-0.2, -0.15) is 13.2 Å². The van der Waals surface area contributed by atoms with Crippen LogP contribution in [0.4, 0.5) is 17.6 Å². The van der Waals surface area contributed by atoms with Gasteiger partial charge in [-0.25, -0.2) is 4.39 Å². The lowest BCUT2D eigenvalue weighted by Gasteiger charge is -2.38. The molecular weight excluding hydrogens is 470 g/mol. The summed E-state index contributed by atoms with van der Waals surface area (Å²) in [4.78, 5) is 15.7. The molecule has 0 amide bonds. The zero-order valence-electron chi connectivity index (χ0n) is 20.2. The number of fused-ring (bicyclic) bond motifs is 1. The first-order chi connectivity index (χ1) is 16.8. The van der Waals surface area contributed by atoms with E-state index in [4.69, 9.17) is 0 Å². The number of aryl methyl sites for hydroxylation is 1. The van der Waals surface area contributed by atoms with Crippen molar-refractivity contribution in [3.8, 4) is 0 Å². The molecule has 4 rings (SSSR count). The van der Waals surface area contributed by atoms with Crippen molar-refractivity contribution in [2.24, 2.45) is 0 Å². The van der Waals surface area contributed by atoms with E-state index >= 15 is 0 Å². The van der Waals surface area contributed by atoms with Crippen LogP contribution in [0.2, 0.25) is 0 Å². The lowest BCUT2D eigenvalue weighted by Crippen LogP contribution is -2.51. The van der Waals surface area contributed by atoms with Crippen molar-refractivity contribution in [2.75, 3.05) is 0 Å². The second kappa shape index (κ2) is 9.21. The van der Waals surface area contributed by atoms with Gasteiger partial charge in [-0.3, -0.25) is 4.79 Å². The summed E-state index contributed by atoms with van der Waals surface area (Å²) in [7, 11) is 0. The van der Waals surface area contributed by atoms with Crippen molar-refractivity contribution >= 4 is 16.7 Å². The fourth-order valence-corrected chi connectivity index (χ4v) is 4.91. The summed E-state index contributed by atoms with van der Waals surface area (Å²) in [5.41, 5.74) is -1.53. The van der Waals surface area contributed by atoms with Crippen LogP contribution >= 0.6 is 0 Å². The molecule has 0 fully saturated rings. The largest absolute Gasteiger partial charge is 0.417 e. The SMILES string of the molecule is Cc1ccc(F)cc1C(C)(C)CC(O)(Cc1cc2cc(C(=O)c3ccccc3)ccc2[nH]1)C(F)(F)F. The molecule has 0 aliphatic carbocycles. The number of nitrogens with one attached hydrogen (secondary N) is 1. The average Bonchev–Trinajstić information content (AvgIpc) is 3.20. The smallest absolute Gasteiger partial charge is 0.380 e. The van der Waals surface area contributed by atoms with E-state index in [0.29, 0.717) is 33.2 Å². The molecular formula is C29H27F4NO2. The number of hydrogen-bond donors (Lipinski definition) is 2. The highest BCUT2D eigenvalue weighted by Gasteiger charge is 2.56. The van der Waals surface area contributed by atoms with Crippen LogP contribution in [0.1, 0.15) is 53.0 Å². The van der Waals surface area contributed by atoms with Crippen LogP contribution in [-0.2, 0) is 11.8 Å². The average molecular weight is 498 g/mol. The van der Waals surface area contributed by atoms with Crippen LogP contribution in [0.15, 0.2) is 72.8 Å². The first kappa shape index (κ1) is 25.6. The minimum atomic E-state index is -4.93. The maximum Gasteiger partial charge on any atom is 0.417 e. The molecule has 3 aromatic carbocycles. The molecule has 0 bridgehead atoms. The van der Waals surface area contributed by atoms with Gasteiger partial charge in [0.2, 0.25) is 0 Å². The lowest BCUT2D eigenvalue weighted by molar-refractivity contribution is -0.266. The molecule has 36 heavy (non-hydrogen) atoms. The van der Waals surface area contributed by atoms with Gasteiger partial charge in [-0.1, -0.05) is 50.2 Å². The van der Waals surface area contributed by atoms with Gasteiger partial charge in [-0.15, -0.1) is 0 Å². The van der Waals surface area contributed by atoms with Gasteiger partial charge in [0.05, 0.1) is 0 Å². The van der Waals surface area contributed by atoms with Gasteiger partial charge in [0.25, 0.3) is 0 Å². The van der Waals surface area contributed by atoms with E-state index in [-0.39, 0.29) is 11.5 Å². The number of carbonyl (C=O) groups is 1. The number of aromatic amines is 1. The minimum absolute atomic E-state index is 0.181. The number of benzene rings is 3. The summed E-state index contributed by atoms with van der Waals surface area (Å²) in [6, 6.07) is 19.1. The maximum atomic E-state index is 14.2. The van der Waals surface area contributed by atoms with Crippen LogP contribution < -0.4 is 0 Å². The van der Waals surface area contributed by atoms with E-state index in [9.17, 15) is 27.5 Å². The molecule has 0 aliphatic heterocycles. The van der Waals surface area contributed by atoms with Crippen LogP contribution in [0.3, 0.4) is 0 Å². The molecule has 188 valence electrons. The van der Waals surface area contributed by atoms with Gasteiger partial charge in [-0.05, 0) is 66.3 Å². The quantitative estimate of drug-likeness (QED) is 0.212. The molecule has 0 aliphatic rings. The normalized spacial score (nSPS) is 14.1. The van der Waals surface area contributed by atoms with Crippen LogP contribution in [0.5, 0.6) is 0 Å². The molecule has 0 radical (unpaired) electrons. The topological polar surface area (TPSA) is 53.1 Å². The van der Waals surface area contributed by atoms with Gasteiger partial charge < -0.3 is 10.1 Å². The Kier molecular flexibility index (Phi) is 6.56. The number of ketones is 1. The van der Waals surface area contributed by atoms with Crippen LogP contribution in [0, 0.1) is 12.7 Å². The third kappa shape index (κ3) is 5.07. The monoisotopic (exact) mass is 497 g/mol. The molecule has 0 saturated heterocycles. The molecule has 0 spiro atoms. The number of H-pyrrole nitrogens is 1. The van der Waals surface area contributed by atoms with Gasteiger partial charge >= 0.3 is 6.18 Å². The van der Waals surface area contributed by atoms with Crippen molar-refractivity contribution in [1.29, 1.82) is 0 Å². The third-order valence-electron chi connectivity index (χ3n) is 6.65. The zero-order valence-corrected chi connectivity index (χ0v) is 20.2. The maximum absolute atomic E-state index is 14.2. The summed E-state index contributed by atoms with van der Waals surface area (Å²) in [5.74, 6) is -0.741. The van der Waals surface area contributed by atoms with E-state index in [2.05, 4.69) is 4.98 Å². The third-order valence-corrected chi connectivity index (χ3v) is 6.65. The van der Waals surface area contributed by atoms with Crippen molar-refractivity contribution in [1.82, 2.24) is 4.98 Å². The molecule has 4 aromatic rings. The number of halogens is 4. The first-order valence-electron chi connectivity index (χ1n) is 11.6. The van der Waals surface area contributed by atoms with Crippen LogP contribution in [0.25, 0.3) is 10.9 Å². The number of aromatic nitrogens is 1. The molecule has 1 atom stereocenters. The Hall–Kier alpha value is -3.45. The Morgan fingerprint density at radius 3 is 2.28 bits per heavy atom. The van der Waals surface area contributed by atoms with Gasteiger partial charge in [0.15, 0.2) is 11.4 Å².